The molecule has 2 aromatic rings. The molecule has 2 aromatic heterocycles. The highest BCUT2D eigenvalue weighted by Gasteiger charge is 2.33. The molecule has 2 atom stereocenters. The van der Waals surface area contributed by atoms with Gasteiger partial charge in [-0.1, -0.05) is 13.8 Å². The third kappa shape index (κ3) is 3.03. The number of furan rings is 1. The molecular weight excluding hydrogens is 282 g/mol. The van der Waals surface area contributed by atoms with E-state index in [0.29, 0.717) is 5.92 Å². The lowest BCUT2D eigenvalue weighted by Gasteiger charge is -2.37. The first-order chi connectivity index (χ1) is 10.7. The van der Waals surface area contributed by atoms with E-state index in [0.717, 1.165) is 37.3 Å². The fraction of sp³-hybridized carbons (Fsp3) is 0.600. The number of amides is 1. The van der Waals surface area contributed by atoms with Crippen LogP contribution in [0.25, 0.3) is 0 Å². The van der Waals surface area contributed by atoms with Gasteiger partial charge in [0.2, 0.25) is 5.91 Å². The molecule has 3 rings (SSSR count). The second kappa shape index (κ2) is 6.29. The number of likely N-dealkylation sites (tertiary alicyclic amines) is 1. The zero-order valence-corrected chi connectivity index (χ0v) is 13.0. The van der Waals surface area contributed by atoms with Crippen molar-refractivity contribution in [1.29, 1.82) is 0 Å². The number of hydrogen-bond donors (Lipinski definition) is 0. The number of nitrogens with zero attached hydrogens (tertiary/aromatic N) is 5. The molecule has 1 fully saturated rings. The van der Waals surface area contributed by atoms with E-state index in [9.17, 15) is 4.79 Å². The fourth-order valence-electron chi connectivity index (χ4n) is 2.96. The van der Waals surface area contributed by atoms with Crippen LogP contribution < -0.4 is 0 Å². The lowest BCUT2D eigenvalue weighted by molar-refractivity contribution is -0.137. The Labute approximate surface area is 129 Å². The van der Waals surface area contributed by atoms with Crippen LogP contribution in [0, 0.1) is 5.92 Å². The van der Waals surface area contributed by atoms with Gasteiger partial charge in [-0.25, -0.2) is 4.68 Å². The minimum atomic E-state index is 0.00744. The maximum atomic E-state index is 12.6. The molecule has 0 saturated carbocycles. The average molecular weight is 303 g/mol. The Bertz CT molecular complexity index is 622. The van der Waals surface area contributed by atoms with E-state index >= 15 is 0 Å². The van der Waals surface area contributed by atoms with Gasteiger partial charge in [-0.3, -0.25) is 4.79 Å². The van der Waals surface area contributed by atoms with E-state index in [-0.39, 0.29) is 18.5 Å². The standard InChI is InChI=1S/C15H21N5O2/c1-3-12-4-5-14(22-12)13-8-11(2)6-7-20(13)15(21)9-19-10-16-17-18-19/h4-5,10-11,13H,3,6-9H2,1-2H3/t11-,13+/m0/s1. The van der Waals surface area contributed by atoms with Crippen molar-refractivity contribution in [2.75, 3.05) is 6.54 Å². The Kier molecular flexibility index (Phi) is 4.22. The first-order valence-electron chi connectivity index (χ1n) is 7.76. The molecule has 7 heteroatoms. The molecule has 1 aliphatic heterocycles. The van der Waals surface area contributed by atoms with E-state index in [1.807, 2.05) is 17.0 Å². The number of carbonyl (C=O) groups is 1. The van der Waals surface area contributed by atoms with Gasteiger partial charge in [0.1, 0.15) is 24.4 Å². The van der Waals surface area contributed by atoms with Gasteiger partial charge in [0.05, 0.1) is 6.04 Å². The fourth-order valence-corrected chi connectivity index (χ4v) is 2.96. The van der Waals surface area contributed by atoms with Crippen LogP contribution in [-0.2, 0) is 17.8 Å². The van der Waals surface area contributed by atoms with Crippen LogP contribution in [0.4, 0.5) is 0 Å². The van der Waals surface area contributed by atoms with Gasteiger partial charge in [-0.05, 0) is 41.3 Å². The number of aryl methyl sites for hydroxylation is 1. The van der Waals surface area contributed by atoms with E-state index in [1.165, 1.54) is 11.0 Å². The second-order valence-electron chi connectivity index (χ2n) is 5.90. The molecule has 0 unspecified atom stereocenters. The van der Waals surface area contributed by atoms with Gasteiger partial charge in [0, 0.05) is 13.0 Å². The third-order valence-corrected chi connectivity index (χ3v) is 4.23. The van der Waals surface area contributed by atoms with Crippen LogP contribution in [0.5, 0.6) is 0 Å². The molecule has 0 radical (unpaired) electrons. The molecule has 0 spiro atoms. The zero-order chi connectivity index (χ0) is 15.5. The topological polar surface area (TPSA) is 77.1 Å². The molecule has 1 saturated heterocycles. The Balaban J connectivity index is 1.78. The minimum absolute atomic E-state index is 0.00744. The Morgan fingerprint density at radius 1 is 1.45 bits per heavy atom. The Morgan fingerprint density at radius 3 is 3.00 bits per heavy atom. The van der Waals surface area contributed by atoms with Gasteiger partial charge >= 0.3 is 0 Å². The highest BCUT2D eigenvalue weighted by molar-refractivity contribution is 5.76. The van der Waals surface area contributed by atoms with Crippen LogP contribution >= 0.6 is 0 Å². The van der Waals surface area contributed by atoms with E-state index in [4.69, 9.17) is 4.42 Å². The van der Waals surface area contributed by atoms with Gasteiger partial charge in [0.25, 0.3) is 0 Å². The summed E-state index contributed by atoms with van der Waals surface area (Å²) < 4.78 is 7.35. The number of carbonyl (C=O) groups excluding carboxylic acids is 1. The van der Waals surface area contributed by atoms with Crippen molar-refractivity contribution >= 4 is 5.91 Å². The first-order valence-corrected chi connectivity index (χ1v) is 7.76. The smallest absolute Gasteiger partial charge is 0.245 e. The zero-order valence-electron chi connectivity index (χ0n) is 13.0. The molecule has 0 bridgehead atoms. The third-order valence-electron chi connectivity index (χ3n) is 4.23. The number of piperidine rings is 1. The van der Waals surface area contributed by atoms with Crippen LogP contribution in [0.3, 0.4) is 0 Å². The molecule has 22 heavy (non-hydrogen) atoms. The second-order valence-corrected chi connectivity index (χ2v) is 5.90. The molecule has 1 aliphatic rings. The molecule has 118 valence electrons. The molecule has 0 aromatic carbocycles. The lowest BCUT2D eigenvalue weighted by Crippen LogP contribution is -2.42. The van der Waals surface area contributed by atoms with Gasteiger partial charge in [0.15, 0.2) is 0 Å². The van der Waals surface area contributed by atoms with E-state index < -0.39 is 0 Å². The van der Waals surface area contributed by atoms with E-state index in [1.54, 1.807) is 0 Å². The normalized spacial score (nSPS) is 22.0. The average Bonchev–Trinajstić information content (AvgIpc) is 3.18. The summed E-state index contributed by atoms with van der Waals surface area (Å²) in [7, 11) is 0. The summed E-state index contributed by atoms with van der Waals surface area (Å²) in [4.78, 5) is 14.5. The van der Waals surface area contributed by atoms with Crippen molar-refractivity contribution in [2.45, 2.75) is 45.7 Å². The molecule has 1 amide bonds. The van der Waals surface area contributed by atoms with Gasteiger partial charge in [-0.2, -0.15) is 0 Å². The van der Waals surface area contributed by atoms with Crippen molar-refractivity contribution in [1.82, 2.24) is 25.1 Å². The highest BCUT2D eigenvalue weighted by atomic mass is 16.3. The molecule has 0 aliphatic carbocycles. The maximum absolute atomic E-state index is 12.6. The van der Waals surface area contributed by atoms with Crippen LogP contribution in [0.2, 0.25) is 0 Å². The number of aromatic nitrogens is 4. The number of hydrogen-bond acceptors (Lipinski definition) is 5. The minimum Gasteiger partial charge on any atom is -0.464 e. The predicted molar refractivity (Wildman–Crippen MR) is 78.8 cm³/mol. The van der Waals surface area contributed by atoms with Crippen LogP contribution in [0.1, 0.15) is 44.3 Å². The summed E-state index contributed by atoms with van der Waals surface area (Å²) >= 11 is 0. The highest BCUT2D eigenvalue weighted by Crippen LogP contribution is 2.35. The van der Waals surface area contributed by atoms with E-state index in [2.05, 4.69) is 29.4 Å². The Morgan fingerprint density at radius 2 is 2.32 bits per heavy atom. The first kappa shape index (κ1) is 14.7. The molecular formula is C15H21N5O2. The lowest BCUT2D eigenvalue weighted by atomic mass is 9.91. The number of tetrazole rings is 1. The molecule has 3 heterocycles. The summed E-state index contributed by atoms with van der Waals surface area (Å²) in [6.45, 7) is 5.20. The summed E-state index contributed by atoms with van der Waals surface area (Å²) in [5, 5.41) is 10.9. The van der Waals surface area contributed by atoms with Gasteiger partial charge in [-0.15, -0.1) is 5.10 Å². The van der Waals surface area contributed by atoms with Crippen molar-refractivity contribution in [3.05, 3.63) is 30.0 Å². The van der Waals surface area contributed by atoms with Crippen molar-refractivity contribution < 1.29 is 9.21 Å². The SMILES string of the molecule is CCc1ccc([C@H]2C[C@@H](C)CCN2C(=O)Cn2cnnn2)o1. The van der Waals surface area contributed by atoms with Gasteiger partial charge < -0.3 is 9.32 Å². The Hall–Kier alpha value is -2.18. The van der Waals surface area contributed by atoms with Crippen molar-refractivity contribution in [2.24, 2.45) is 5.92 Å². The number of rotatable bonds is 4. The summed E-state index contributed by atoms with van der Waals surface area (Å²) in [6, 6.07) is 4.00. The van der Waals surface area contributed by atoms with Crippen molar-refractivity contribution in [3.63, 3.8) is 0 Å². The summed E-state index contributed by atoms with van der Waals surface area (Å²) in [5.74, 6) is 2.45. The monoisotopic (exact) mass is 303 g/mol. The predicted octanol–water partition coefficient (Wildman–Crippen LogP) is 1.83. The molecule has 7 nitrogen and oxygen atoms in total. The summed E-state index contributed by atoms with van der Waals surface area (Å²) in [5.41, 5.74) is 0. The maximum Gasteiger partial charge on any atom is 0.245 e. The largest absolute Gasteiger partial charge is 0.464 e. The quantitative estimate of drug-likeness (QED) is 0.861. The molecule has 0 N–H and O–H groups in total. The van der Waals surface area contributed by atoms with Crippen molar-refractivity contribution in [3.8, 4) is 0 Å². The van der Waals surface area contributed by atoms with Crippen LogP contribution in [-0.4, -0.2) is 37.6 Å². The summed E-state index contributed by atoms with van der Waals surface area (Å²) in [6.07, 6.45) is 4.26. The van der Waals surface area contributed by atoms with Crippen LogP contribution in [0.15, 0.2) is 22.9 Å².